The van der Waals surface area contributed by atoms with E-state index in [1.54, 1.807) is 6.20 Å². The standard InChI is InChI=1S/C20H23N3O2/c1-15(2)23-13-10-17-18(23)7-5-8-19(17)25-14-20(24)22-12-9-16-6-3-4-11-21-16/h3-8,10-11,13,15H,9,12,14H2,1-2H3,(H,22,24). The molecule has 1 aromatic carbocycles. The van der Waals surface area contributed by atoms with Crippen molar-refractivity contribution in [3.05, 3.63) is 60.6 Å². The van der Waals surface area contributed by atoms with E-state index in [0.717, 1.165) is 22.3 Å². The van der Waals surface area contributed by atoms with Crippen LogP contribution in [0.3, 0.4) is 0 Å². The van der Waals surface area contributed by atoms with Gasteiger partial charge in [-0.15, -0.1) is 0 Å². The van der Waals surface area contributed by atoms with E-state index in [4.69, 9.17) is 4.74 Å². The third kappa shape index (κ3) is 4.18. The highest BCUT2D eigenvalue weighted by molar-refractivity contribution is 5.87. The molecule has 0 saturated carbocycles. The van der Waals surface area contributed by atoms with Gasteiger partial charge in [-0.05, 0) is 44.2 Å². The van der Waals surface area contributed by atoms with E-state index in [-0.39, 0.29) is 12.5 Å². The molecule has 0 aliphatic carbocycles. The Morgan fingerprint density at radius 1 is 1.20 bits per heavy atom. The Bertz CT molecular complexity index is 841. The number of ether oxygens (including phenoxy) is 1. The van der Waals surface area contributed by atoms with Gasteiger partial charge < -0.3 is 14.6 Å². The number of rotatable bonds is 7. The fourth-order valence-corrected chi connectivity index (χ4v) is 2.81. The van der Waals surface area contributed by atoms with E-state index in [2.05, 4.69) is 41.0 Å². The van der Waals surface area contributed by atoms with Crippen LogP contribution in [-0.2, 0) is 11.2 Å². The Hall–Kier alpha value is -2.82. The first-order valence-electron chi connectivity index (χ1n) is 8.54. The monoisotopic (exact) mass is 337 g/mol. The summed E-state index contributed by atoms with van der Waals surface area (Å²) in [5.74, 6) is 0.605. The van der Waals surface area contributed by atoms with E-state index in [1.165, 1.54) is 0 Å². The minimum atomic E-state index is -0.128. The molecule has 0 spiro atoms. The quantitative estimate of drug-likeness (QED) is 0.719. The number of amides is 1. The Labute approximate surface area is 147 Å². The Morgan fingerprint density at radius 2 is 2.08 bits per heavy atom. The second kappa shape index (κ2) is 7.83. The van der Waals surface area contributed by atoms with Gasteiger partial charge in [-0.1, -0.05) is 12.1 Å². The van der Waals surface area contributed by atoms with Crippen molar-refractivity contribution in [1.29, 1.82) is 0 Å². The Balaban J connectivity index is 1.54. The number of carbonyl (C=O) groups excluding carboxylic acids is 1. The SMILES string of the molecule is CC(C)n1ccc2c(OCC(=O)NCCc3ccccn3)cccc21. The molecular formula is C20H23N3O2. The lowest BCUT2D eigenvalue weighted by Gasteiger charge is -2.11. The number of hydrogen-bond acceptors (Lipinski definition) is 3. The first kappa shape index (κ1) is 17.0. The zero-order valence-corrected chi connectivity index (χ0v) is 14.6. The summed E-state index contributed by atoms with van der Waals surface area (Å²) in [6, 6.07) is 14.1. The topological polar surface area (TPSA) is 56.1 Å². The van der Waals surface area contributed by atoms with Crippen molar-refractivity contribution in [3.8, 4) is 5.75 Å². The van der Waals surface area contributed by atoms with Crippen LogP contribution in [0.4, 0.5) is 0 Å². The number of benzene rings is 1. The number of nitrogens with zero attached hydrogens (tertiary/aromatic N) is 2. The van der Waals surface area contributed by atoms with Crippen LogP contribution in [0.25, 0.3) is 10.9 Å². The van der Waals surface area contributed by atoms with E-state index < -0.39 is 0 Å². The molecule has 0 aliphatic heterocycles. The lowest BCUT2D eigenvalue weighted by molar-refractivity contribution is -0.123. The number of aromatic nitrogens is 2. The van der Waals surface area contributed by atoms with Crippen molar-refractivity contribution in [1.82, 2.24) is 14.9 Å². The maximum Gasteiger partial charge on any atom is 0.257 e. The fourth-order valence-electron chi connectivity index (χ4n) is 2.81. The van der Waals surface area contributed by atoms with Crippen LogP contribution in [0, 0.1) is 0 Å². The largest absolute Gasteiger partial charge is 0.483 e. The summed E-state index contributed by atoms with van der Waals surface area (Å²) in [6.07, 6.45) is 4.51. The maximum absolute atomic E-state index is 12.0. The average molecular weight is 337 g/mol. The van der Waals surface area contributed by atoms with Crippen molar-refractivity contribution in [3.63, 3.8) is 0 Å². The van der Waals surface area contributed by atoms with E-state index in [0.29, 0.717) is 19.0 Å². The summed E-state index contributed by atoms with van der Waals surface area (Å²) in [5.41, 5.74) is 2.08. The smallest absolute Gasteiger partial charge is 0.257 e. The molecule has 1 amide bonds. The average Bonchev–Trinajstić information content (AvgIpc) is 3.06. The zero-order chi connectivity index (χ0) is 17.6. The molecular weight excluding hydrogens is 314 g/mol. The molecule has 0 fully saturated rings. The molecule has 0 unspecified atom stereocenters. The molecule has 3 aromatic rings. The summed E-state index contributed by atoms with van der Waals surface area (Å²) < 4.78 is 7.93. The number of carbonyl (C=O) groups is 1. The van der Waals surface area contributed by atoms with Crippen molar-refractivity contribution in [2.75, 3.05) is 13.2 Å². The van der Waals surface area contributed by atoms with Gasteiger partial charge in [0.25, 0.3) is 5.91 Å². The van der Waals surface area contributed by atoms with Gasteiger partial charge in [0.1, 0.15) is 5.75 Å². The molecule has 2 aromatic heterocycles. The Morgan fingerprint density at radius 3 is 2.84 bits per heavy atom. The molecule has 0 atom stereocenters. The zero-order valence-electron chi connectivity index (χ0n) is 14.6. The number of nitrogens with one attached hydrogen (secondary N) is 1. The van der Waals surface area contributed by atoms with Gasteiger partial charge >= 0.3 is 0 Å². The fraction of sp³-hybridized carbons (Fsp3) is 0.300. The van der Waals surface area contributed by atoms with Crippen LogP contribution in [0.1, 0.15) is 25.6 Å². The van der Waals surface area contributed by atoms with E-state index >= 15 is 0 Å². The first-order valence-corrected chi connectivity index (χ1v) is 8.54. The van der Waals surface area contributed by atoms with Crippen LogP contribution in [-0.4, -0.2) is 28.6 Å². The molecule has 3 rings (SSSR count). The van der Waals surface area contributed by atoms with Gasteiger partial charge in [0.05, 0.1) is 5.52 Å². The number of fused-ring (bicyclic) bond motifs is 1. The molecule has 0 saturated heterocycles. The summed E-state index contributed by atoms with van der Waals surface area (Å²) in [6.45, 7) is 4.84. The molecule has 0 bridgehead atoms. The van der Waals surface area contributed by atoms with Gasteiger partial charge in [-0.25, -0.2) is 0 Å². The van der Waals surface area contributed by atoms with E-state index in [1.807, 2.05) is 36.4 Å². The molecule has 0 radical (unpaired) electrons. The van der Waals surface area contributed by atoms with Gasteiger partial charge in [-0.3, -0.25) is 9.78 Å². The molecule has 1 N–H and O–H groups in total. The van der Waals surface area contributed by atoms with Gasteiger partial charge in [0, 0.05) is 42.5 Å². The molecule has 5 heteroatoms. The third-order valence-electron chi connectivity index (χ3n) is 4.07. The summed E-state index contributed by atoms with van der Waals surface area (Å²) in [4.78, 5) is 16.2. The molecule has 5 nitrogen and oxygen atoms in total. The lowest BCUT2D eigenvalue weighted by atomic mass is 10.2. The minimum absolute atomic E-state index is 0.00813. The van der Waals surface area contributed by atoms with Crippen LogP contribution in [0.2, 0.25) is 0 Å². The third-order valence-corrected chi connectivity index (χ3v) is 4.07. The Kier molecular flexibility index (Phi) is 5.33. The molecule has 25 heavy (non-hydrogen) atoms. The van der Waals surface area contributed by atoms with Gasteiger partial charge in [0.2, 0.25) is 0 Å². The molecule has 2 heterocycles. The van der Waals surface area contributed by atoms with Crippen LogP contribution in [0.5, 0.6) is 5.75 Å². The molecule has 0 aliphatic rings. The lowest BCUT2D eigenvalue weighted by Crippen LogP contribution is -2.30. The summed E-state index contributed by atoms with van der Waals surface area (Å²) >= 11 is 0. The highest BCUT2D eigenvalue weighted by Crippen LogP contribution is 2.28. The number of pyridine rings is 1. The summed E-state index contributed by atoms with van der Waals surface area (Å²) in [5, 5.41) is 3.89. The highest BCUT2D eigenvalue weighted by Gasteiger charge is 2.10. The molecule has 130 valence electrons. The highest BCUT2D eigenvalue weighted by atomic mass is 16.5. The predicted molar refractivity (Wildman–Crippen MR) is 98.8 cm³/mol. The second-order valence-corrected chi connectivity index (χ2v) is 6.22. The normalized spacial score (nSPS) is 11.0. The second-order valence-electron chi connectivity index (χ2n) is 6.22. The summed E-state index contributed by atoms with van der Waals surface area (Å²) in [7, 11) is 0. The number of hydrogen-bond donors (Lipinski definition) is 1. The van der Waals surface area contributed by atoms with Gasteiger partial charge in [0.15, 0.2) is 6.61 Å². The van der Waals surface area contributed by atoms with Crippen molar-refractivity contribution in [2.45, 2.75) is 26.3 Å². The minimum Gasteiger partial charge on any atom is -0.483 e. The van der Waals surface area contributed by atoms with Crippen molar-refractivity contribution in [2.24, 2.45) is 0 Å². The van der Waals surface area contributed by atoms with E-state index in [9.17, 15) is 4.79 Å². The van der Waals surface area contributed by atoms with Crippen molar-refractivity contribution >= 4 is 16.8 Å². The van der Waals surface area contributed by atoms with Crippen LogP contribution >= 0.6 is 0 Å². The predicted octanol–water partition coefficient (Wildman–Crippen LogP) is 3.35. The van der Waals surface area contributed by atoms with Crippen LogP contribution in [0.15, 0.2) is 54.9 Å². The maximum atomic E-state index is 12.0. The van der Waals surface area contributed by atoms with Crippen molar-refractivity contribution < 1.29 is 9.53 Å². The van der Waals surface area contributed by atoms with Crippen LogP contribution < -0.4 is 10.1 Å². The first-order chi connectivity index (χ1) is 12.1. The van der Waals surface area contributed by atoms with Gasteiger partial charge in [-0.2, -0.15) is 0 Å².